The third-order valence-electron chi connectivity index (χ3n) is 3.00. The SMILES string of the molecule is CCCn1cc(C(O)c2cccc(COC)c2)cn1. The van der Waals surface area contributed by atoms with E-state index in [-0.39, 0.29) is 0 Å². The van der Waals surface area contributed by atoms with E-state index in [1.165, 1.54) is 0 Å². The molecule has 0 saturated carbocycles. The minimum absolute atomic E-state index is 0.551. The van der Waals surface area contributed by atoms with Crippen molar-refractivity contribution in [2.24, 2.45) is 0 Å². The van der Waals surface area contributed by atoms with Crippen molar-refractivity contribution < 1.29 is 9.84 Å². The zero-order valence-corrected chi connectivity index (χ0v) is 11.4. The first-order valence-electron chi connectivity index (χ1n) is 6.52. The smallest absolute Gasteiger partial charge is 0.107 e. The highest BCUT2D eigenvalue weighted by molar-refractivity contribution is 5.30. The van der Waals surface area contributed by atoms with Gasteiger partial charge in [0.1, 0.15) is 6.10 Å². The van der Waals surface area contributed by atoms with E-state index >= 15 is 0 Å². The van der Waals surface area contributed by atoms with Crippen molar-refractivity contribution in [2.45, 2.75) is 32.6 Å². The molecule has 0 aliphatic heterocycles. The molecule has 1 aromatic carbocycles. The van der Waals surface area contributed by atoms with E-state index in [0.717, 1.165) is 29.7 Å². The number of hydrogen-bond acceptors (Lipinski definition) is 3. The molecule has 2 aromatic rings. The summed E-state index contributed by atoms with van der Waals surface area (Å²) in [7, 11) is 1.66. The molecule has 0 aliphatic rings. The molecule has 1 heterocycles. The lowest BCUT2D eigenvalue weighted by Gasteiger charge is -2.10. The van der Waals surface area contributed by atoms with Crippen molar-refractivity contribution in [1.82, 2.24) is 9.78 Å². The summed E-state index contributed by atoms with van der Waals surface area (Å²) in [5.41, 5.74) is 2.74. The lowest BCUT2D eigenvalue weighted by molar-refractivity contribution is 0.184. The highest BCUT2D eigenvalue weighted by Crippen LogP contribution is 2.22. The first-order chi connectivity index (χ1) is 9.24. The molecular weight excluding hydrogens is 240 g/mol. The molecule has 1 atom stereocenters. The first-order valence-corrected chi connectivity index (χ1v) is 6.52. The van der Waals surface area contributed by atoms with Crippen LogP contribution in [0.3, 0.4) is 0 Å². The normalized spacial score (nSPS) is 12.6. The fourth-order valence-electron chi connectivity index (χ4n) is 2.08. The number of aliphatic hydroxyl groups excluding tert-OH is 1. The molecule has 4 heteroatoms. The van der Waals surface area contributed by atoms with Crippen LogP contribution < -0.4 is 0 Å². The number of aryl methyl sites for hydroxylation is 1. The molecule has 0 radical (unpaired) electrons. The average molecular weight is 260 g/mol. The Morgan fingerprint density at radius 2 is 2.21 bits per heavy atom. The summed E-state index contributed by atoms with van der Waals surface area (Å²) in [5, 5.41) is 14.6. The van der Waals surface area contributed by atoms with Crippen LogP contribution in [-0.2, 0) is 17.9 Å². The molecule has 2 rings (SSSR count). The van der Waals surface area contributed by atoms with Crippen LogP contribution in [-0.4, -0.2) is 22.0 Å². The second-order valence-corrected chi connectivity index (χ2v) is 4.62. The van der Waals surface area contributed by atoms with Crippen LogP contribution in [0.25, 0.3) is 0 Å². The summed E-state index contributed by atoms with van der Waals surface area (Å²) in [6.07, 6.45) is 4.02. The van der Waals surface area contributed by atoms with E-state index in [0.29, 0.717) is 6.61 Å². The van der Waals surface area contributed by atoms with Gasteiger partial charge in [-0.15, -0.1) is 0 Å². The average Bonchev–Trinajstić information content (AvgIpc) is 2.88. The van der Waals surface area contributed by atoms with Crippen molar-refractivity contribution in [1.29, 1.82) is 0 Å². The van der Waals surface area contributed by atoms with E-state index in [9.17, 15) is 5.11 Å². The van der Waals surface area contributed by atoms with Crippen LogP contribution in [0.5, 0.6) is 0 Å². The van der Waals surface area contributed by atoms with Crippen molar-refractivity contribution in [2.75, 3.05) is 7.11 Å². The number of ether oxygens (including phenoxy) is 1. The molecular formula is C15H20N2O2. The number of benzene rings is 1. The monoisotopic (exact) mass is 260 g/mol. The molecule has 0 amide bonds. The van der Waals surface area contributed by atoms with Gasteiger partial charge in [0.25, 0.3) is 0 Å². The van der Waals surface area contributed by atoms with Gasteiger partial charge in [0.2, 0.25) is 0 Å². The second kappa shape index (κ2) is 6.50. The van der Waals surface area contributed by atoms with Crippen LogP contribution in [0.4, 0.5) is 0 Å². The Balaban J connectivity index is 2.17. The number of aliphatic hydroxyl groups is 1. The molecule has 0 aliphatic carbocycles. The van der Waals surface area contributed by atoms with E-state index < -0.39 is 6.10 Å². The Bertz CT molecular complexity index is 522. The maximum Gasteiger partial charge on any atom is 0.107 e. The predicted molar refractivity (Wildman–Crippen MR) is 73.7 cm³/mol. The van der Waals surface area contributed by atoms with Gasteiger partial charge in [-0.3, -0.25) is 4.68 Å². The van der Waals surface area contributed by atoms with Crippen molar-refractivity contribution in [3.05, 3.63) is 53.3 Å². The summed E-state index contributed by atoms with van der Waals surface area (Å²) in [6, 6.07) is 7.80. The largest absolute Gasteiger partial charge is 0.384 e. The van der Waals surface area contributed by atoms with Gasteiger partial charge in [0.05, 0.1) is 12.8 Å². The zero-order valence-electron chi connectivity index (χ0n) is 11.4. The van der Waals surface area contributed by atoms with Crippen molar-refractivity contribution in [3.63, 3.8) is 0 Å². The third-order valence-corrected chi connectivity index (χ3v) is 3.00. The molecule has 1 aromatic heterocycles. The highest BCUT2D eigenvalue weighted by Gasteiger charge is 2.13. The van der Waals surface area contributed by atoms with Gasteiger partial charge in [-0.1, -0.05) is 31.2 Å². The van der Waals surface area contributed by atoms with Crippen LogP contribution in [0.15, 0.2) is 36.7 Å². The lowest BCUT2D eigenvalue weighted by atomic mass is 10.0. The van der Waals surface area contributed by atoms with Crippen LogP contribution in [0.2, 0.25) is 0 Å². The van der Waals surface area contributed by atoms with E-state index in [4.69, 9.17) is 4.74 Å². The van der Waals surface area contributed by atoms with E-state index in [2.05, 4.69) is 12.0 Å². The fraction of sp³-hybridized carbons (Fsp3) is 0.400. The highest BCUT2D eigenvalue weighted by atomic mass is 16.5. The maximum atomic E-state index is 10.4. The molecule has 0 bridgehead atoms. The Morgan fingerprint density at radius 3 is 2.95 bits per heavy atom. The molecule has 1 unspecified atom stereocenters. The van der Waals surface area contributed by atoms with E-state index in [1.54, 1.807) is 13.3 Å². The standard InChI is InChI=1S/C15H20N2O2/c1-3-7-17-10-14(9-16-17)15(18)13-6-4-5-12(8-13)11-19-2/h4-6,8-10,15,18H,3,7,11H2,1-2H3. The number of nitrogens with zero attached hydrogens (tertiary/aromatic N) is 2. The minimum atomic E-state index is -0.637. The second-order valence-electron chi connectivity index (χ2n) is 4.62. The summed E-state index contributed by atoms with van der Waals surface area (Å²) in [6.45, 7) is 3.53. The topological polar surface area (TPSA) is 47.3 Å². The summed E-state index contributed by atoms with van der Waals surface area (Å²) in [5.74, 6) is 0. The Hall–Kier alpha value is -1.65. The molecule has 1 N–H and O–H groups in total. The van der Waals surface area contributed by atoms with Crippen LogP contribution >= 0.6 is 0 Å². The van der Waals surface area contributed by atoms with Gasteiger partial charge in [-0.05, 0) is 17.5 Å². The van der Waals surface area contributed by atoms with Crippen LogP contribution in [0, 0.1) is 0 Å². The van der Waals surface area contributed by atoms with Gasteiger partial charge in [0.15, 0.2) is 0 Å². The number of hydrogen-bond donors (Lipinski definition) is 1. The fourth-order valence-corrected chi connectivity index (χ4v) is 2.08. The molecule has 0 saturated heterocycles. The van der Waals surface area contributed by atoms with Gasteiger partial charge in [-0.25, -0.2) is 0 Å². The Morgan fingerprint density at radius 1 is 1.37 bits per heavy atom. The molecule has 0 spiro atoms. The Kier molecular flexibility index (Phi) is 4.71. The van der Waals surface area contributed by atoms with Gasteiger partial charge >= 0.3 is 0 Å². The third kappa shape index (κ3) is 3.43. The van der Waals surface area contributed by atoms with Gasteiger partial charge in [0, 0.05) is 25.4 Å². The summed E-state index contributed by atoms with van der Waals surface area (Å²) in [4.78, 5) is 0. The maximum absolute atomic E-state index is 10.4. The number of methoxy groups -OCH3 is 1. The summed E-state index contributed by atoms with van der Waals surface area (Å²) >= 11 is 0. The van der Waals surface area contributed by atoms with Crippen molar-refractivity contribution in [3.8, 4) is 0 Å². The first kappa shape index (κ1) is 13.8. The zero-order chi connectivity index (χ0) is 13.7. The minimum Gasteiger partial charge on any atom is -0.384 e. The quantitative estimate of drug-likeness (QED) is 0.868. The van der Waals surface area contributed by atoms with Crippen LogP contribution in [0.1, 0.15) is 36.1 Å². The predicted octanol–water partition coefficient (Wildman–Crippen LogP) is 2.52. The lowest BCUT2D eigenvalue weighted by Crippen LogP contribution is -2.00. The number of aromatic nitrogens is 2. The van der Waals surface area contributed by atoms with Gasteiger partial charge < -0.3 is 9.84 Å². The number of rotatable bonds is 6. The summed E-state index contributed by atoms with van der Waals surface area (Å²) < 4.78 is 6.96. The Labute approximate surface area is 113 Å². The van der Waals surface area contributed by atoms with Crippen molar-refractivity contribution >= 4 is 0 Å². The van der Waals surface area contributed by atoms with Gasteiger partial charge in [-0.2, -0.15) is 5.10 Å². The van der Waals surface area contributed by atoms with E-state index in [1.807, 2.05) is 35.1 Å². The molecule has 102 valence electrons. The molecule has 19 heavy (non-hydrogen) atoms. The molecule has 0 fully saturated rings. The molecule has 4 nitrogen and oxygen atoms in total.